The van der Waals surface area contributed by atoms with Gasteiger partial charge >= 0.3 is 0 Å². The van der Waals surface area contributed by atoms with Gasteiger partial charge in [-0.1, -0.05) is 41.0 Å². The van der Waals surface area contributed by atoms with Gasteiger partial charge in [-0.2, -0.15) is 0 Å². The Bertz CT molecular complexity index is 157. The average Bonchev–Trinajstić information content (AvgIpc) is 2.16. The highest BCUT2D eigenvalue weighted by Crippen LogP contribution is 2.05. The van der Waals surface area contributed by atoms with Gasteiger partial charge in [0.05, 0.1) is 0 Å². The van der Waals surface area contributed by atoms with Gasteiger partial charge in [-0.15, -0.1) is 0 Å². The van der Waals surface area contributed by atoms with E-state index < -0.39 is 0 Å². The number of rotatable bonds is 9. The fourth-order valence-electron chi connectivity index (χ4n) is 1.95. The summed E-state index contributed by atoms with van der Waals surface area (Å²) in [5.41, 5.74) is 0. The molecule has 2 unspecified atom stereocenters. The van der Waals surface area contributed by atoms with E-state index in [1.54, 1.807) is 0 Å². The van der Waals surface area contributed by atoms with Crippen LogP contribution in [-0.4, -0.2) is 38.1 Å². The third kappa shape index (κ3) is 9.17. The van der Waals surface area contributed by atoms with E-state index in [0.29, 0.717) is 0 Å². The van der Waals surface area contributed by atoms with Crippen LogP contribution in [0, 0.1) is 17.8 Å². The maximum Gasteiger partial charge on any atom is 0.00162 e. The Morgan fingerprint density at radius 3 is 2.00 bits per heavy atom. The van der Waals surface area contributed by atoms with E-state index in [-0.39, 0.29) is 0 Å². The molecule has 2 nitrogen and oxygen atoms in total. The van der Waals surface area contributed by atoms with Crippen molar-refractivity contribution in [3.63, 3.8) is 0 Å². The Morgan fingerprint density at radius 1 is 0.938 bits per heavy atom. The summed E-state index contributed by atoms with van der Waals surface area (Å²) in [5.74, 6) is 2.32. The molecule has 2 heteroatoms. The average molecular weight is 228 g/mol. The van der Waals surface area contributed by atoms with Gasteiger partial charge in [-0.05, 0) is 37.9 Å². The Hall–Kier alpha value is -0.0800. The lowest BCUT2D eigenvalue weighted by atomic mass is 10.1. The predicted molar refractivity (Wildman–Crippen MR) is 73.8 cm³/mol. The Kier molecular flexibility index (Phi) is 8.96. The van der Waals surface area contributed by atoms with Gasteiger partial charge < -0.3 is 10.2 Å². The van der Waals surface area contributed by atoms with E-state index in [0.717, 1.165) is 30.8 Å². The minimum absolute atomic E-state index is 0.743. The fraction of sp³-hybridized carbons (Fsp3) is 1.00. The van der Waals surface area contributed by atoms with Gasteiger partial charge in [0.1, 0.15) is 0 Å². The normalized spacial score (nSPS) is 15.8. The lowest BCUT2D eigenvalue weighted by Gasteiger charge is -2.24. The Labute approximate surface area is 103 Å². The lowest BCUT2D eigenvalue weighted by molar-refractivity contribution is 0.244. The minimum Gasteiger partial charge on any atom is -0.316 e. The van der Waals surface area contributed by atoms with E-state index in [1.807, 2.05) is 0 Å². The molecule has 98 valence electrons. The van der Waals surface area contributed by atoms with E-state index in [4.69, 9.17) is 0 Å². The first-order valence-electron chi connectivity index (χ1n) is 6.84. The summed E-state index contributed by atoms with van der Waals surface area (Å²) < 4.78 is 0. The highest BCUT2D eigenvalue weighted by atomic mass is 15.1. The number of hydrogen-bond acceptors (Lipinski definition) is 2. The molecule has 0 aliphatic heterocycles. The predicted octanol–water partition coefficient (Wildman–Crippen LogP) is 2.85. The van der Waals surface area contributed by atoms with E-state index in [2.05, 4.69) is 51.9 Å². The van der Waals surface area contributed by atoms with Crippen LogP contribution in [0.2, 0.25) is 0 Å². The van der Waals surface area contributed by atoms with Gasteiger partial charge in [0.2, 0.25) is 0 Å². The van der Waals surface area contributed by atoms with Crippen LogP contribution in [0.5, 0.6) is 0 Å². The highest BCUT2D eigenvalue weighted by molar-refractivity contribution is 4.64. The first-order chi connectivity index (χ1) is 7.45. The van der Waals surface area contributed by atoms with Crippen molar-refractivity contribution in [2.24, 2.45) is 17.8 Å². The van der Waals surface area contributed by atoms with Crippen LogP contribution in [0.25, 0.3) is 0 Å². The molecule has 0 aromatic heterocycles. The second-order valence-corrected chi connectivity index (χ2v) is 5.89. The topological polar surface area (TPSA) is 15.3 Å². The van der Waals surface area contributed by atoms with Crippen molar-refractivity contribution >= 4 is 0 Å². The van der Waals surface area contributed by atoms with E-state index >= 15 is 0 Å². The molecule has 16 heavy (non-hydrogen) atoms. The first kappa shape index (κ1) is 15.9. The van der Waals surface area contributed by atoms with Crippen molar-refractivity contribution in [2.75, 3.05) is 33.2 Å². The molecule has 0 radical (unpaired) electrons. The molecule has 0 saturated carbocycles. The molecule has 1 N–H and O–H groups in total. The molecule has 0 aliphatic carbocycles. The van der Waals surface area contributed by atoms with Crippen molar-refractivity contribution in [1.82, 2.24) is 10.2 Å². The second-order valence-electron chi connectivity index (χ2n) is 5.89. The maximum atomic E-state index is 3.53. The molecule has 0 fully saturated rings. The summed E-state index contributed by atoms with van der Waals surface area (Å²) in [4.78, 5) is 2.47. The van der Waals surface area contributed by atoms with E-state index in [9.17, 15) is 0 Å². The first-order valence-corrected chi connectivity index (χ1v) is 6.84. The van der Waals surface area contributed by atoms with E-state index in [1.165, 1.54) is 19.5 Å². The van der Waals surface area contributed by atoms with Gasteiger partial charge in [0.15, 0.2) is 0 Å². The number of hydrogen-bond donors (Lipinski definition) is 1. The molecule has 0 amide bonds. The van der Waals surface area contributed by atoms with Crippen LogP contribution in [0.1, 0.15) is 41.0 Å². The lowest BCUT2D eigenvalue weighted by Crippen LogP contribution is -2.34. The van der Waals surface area contributed by atoms with Crippen molar-refractivity contribution in [3.05, 3.63) is 0 Å². The van der Waals surface area contributed by atoms with Gasteiger partial charge in [0.25, 0.3) is 0 Å². The van der Waals surface area contributed by atoms with Crippen LogP contribution in [0.15, 0.2) is 0 Å². The maximum absolute atomic E-state index is 3.53. The quantitative estimate of drug-likeness (QED) is 0.653. The Morgan fingerprint density at radius 2 is 1.50 bits per heavy atom. The zero-order valence-corrected chi connectivity index (χ0v) is 12.2. The van der Waals surface area contributed by atoms with Crippen molar-refractivity contribution in [1.29, 1.82) is 0 Å². The molecule has 2 atom stereocenters. The van der Waals surface area contributed by atoms with Crippen LogP contribution in [0.3, 0.4) is 0 Å². The zero-order chi connectivity index (χ0) is 12.6. The zero-order valence-electron chi connectivity index (χ0n) is 12.2. The van der Waals surface area contributed by atoms with Crippen LogP contribution in [-0.2, 0) is 0 Å². The molecule has 0 rings (SSSR count). The minimum atomic E-state index is 0.743. The summed E-state index contributed by atoms with van der Waals surface area (Å²) >= 11 is 0. The molecule has 0 aromatic rings. The van der Waals surface area contributed by atoms with Crippen LogP contribution < -0.4 is 5.32 Å². The standard InChI is InChI=1S/C14H32N2/c1-7-13(4)10-16(6)11-14(5)9-15-8-12(2)3/h12-15H,7-11H2,1-6H3. The molecular weight excluding hydrogens is 196 g/mol. The molecule has 0 heterocycles. The third-order valence-corrected chi connectivity index (χ3v) is 2.99. The summed E-state index contributed by atoms with van der Waals surface area (Å²) in [6.45, 7) is 16.2. The van der Waals surface area contributed by atoms with Gasteiger partial charge in [0, 0.05) is 13.1 Å². The molecule has 0 aromatic carbocycles. The fourth-order valence-corrected chi connectivity index (χ4v) is 1.95. The molecule has 0 aliphatic rings. The summed E-state index contributed by atoms with van der Waals surface area (Å²) in [5, 5.41) is 3.53. The molecule has 0 saturated heterocycles. The van der Waals surface area contributed by atoms with Crippen molar-refractivity contribution in [2.45, 2.75) is 41.0 Å². The second kappa shape index (κ2) is 9.00. The summed E-state index contributed by atoms with van der Waals surface area (Å²) in [6, 6.07) is 0. The highest BCUT2D eigenvalue weighted by Gasteiger charge is 2.08. The summed E-state index contributed by atoms with van der Waals surface area (Å²) in [6.07, 6.45) is 1.28. The summed E-state index contributed by atoms with van der Waals surface area (Å²) in [7, 11) is 2.24. The number of nitrogens with zero attached hydrogens (tertiary/aromatic N) is 1. The molecular formula is C14H32N2. The Balaban J connectivity index is 3.57. The van der Waals surface area contributed by atoms with Gasteiger partial charge in [-0.25, -0.2) is 0 Å². The largest absolute Gasteiger partial charge is 0.316 e. The monoisotopic (exact) mass is 228 g/mol. The molecule has 0 bridgehead atoms. The van der Waals surface area contributed by atoms with Crippen molar-refractivity contribution in [3.8, 4) is 0 Å². The third-order valence-electron chi connectivity index (χ3n) is 2.99. The van der Waals surface area contributed by atoms with Crippen LogP contribution >= 0.6 is 0 Å². The van der Waals surface area contributed by atoms with Crippen LogP contribution in [0.4, 0.5) is 0 Å². The number of nitrogens with one attached hydrogen (secondary N) is 1. The van der Waals surface area contributed by atoms with Crippen molar-refractivity contribution < 1.29 is 0 Å². The smallest absolute Gasteiger partial charge is 0.00162 e. The van der Waals surface area contributed by atoms with Gasteiger partial charge in [-0.3, -0.25) is 0 Å². The molecule has 0 spiro atoms. The SMILES string of the molecule is CCC(C)CN(C)CC(C)CNCC(C)C.